The summed E-state index contributed by atoms with van der Waals surface area (Å²) in [5.74, 6) is 0.161. The Hall–Kier alpha value is -1.85. The van der Waals surface area contributed by atoms with Gasteiger partial charge in [0, 0.05) is 5.56 Å². The monoisotopic (exact) mass is 274 g/mol. The van der Waals surface area contributed by atoms with Gasteiger partial charge in [0.1, 0.15) is 18.2 Å². The largest absolute Gasteiger partial charge is 0.489 e. The topological polar surface area (TPSA) is 49.7 Å². The molecule has 5 heteroatoms. The smallest absolute Gasteiger partial charge is 0.488 e. The zero-order valence-electron chi connectivity index (χ0n) is 11.2. The van der Waals surface area contributed by atoms with Crippen molar-refractivity contribution in [3.63, 3.8) is 0 Å². The highest BCUT2D eigenvalue weighted by Gasteiger charge is 2.13. The summed E-state index contributed by atoms with van der Waals surface area (Å²) >= 11 is 0. The third kappa shape index (κ3) is 3.59. The molecular weight excluding hydrogens is 258 g/mol. The average Bonchev–Trinajstić information content (AvgIpc) is 2.46. The molecule has 104 valence electrons. The fraction of sp³-hybridized carbons (Fsp3) is 0.200. The van der Waals surface area contributed by atoms with Crippen molar-refractivity contribution in [2.24, 2.45) is 0 Å². The Morgan fingerprint density at radius 1 is 1.10 bits per heavy atom. The molecule has 0 aromatic heterocycles. The predicted octanol–water partition coefficient (Wildman–Crippen LogP) is 1.65. The molecule has 0 aliphatic carbocycles. The van der Waals surface area contributed by atoms with Gasteiger partial charge in [-0.2, -0.15) is 0 Å². The standard InChI is InChI=1S/C15H16BFO3/c1-2-11-3-7-14(8-4-11)20-10-12-5-6-13(16(18)19)9-15(12)17/h3-9,18-19H,2,10H2,1H3. The van der Waals surface area contributed by atoms with Crippen LogP contribution in [-0.4, -0.2) is 17.2 Å². The van der Waals surface area contributed by atoms with Crippen LogP contribution in [0.1, 0.15) is 18.1 Å². The van der Waals surface area contributed by atoms with Crippen LogP contribution in [0, 0.1) is 5.82 Å². The van der Waals surface area contributed by atoms with Crippen molar-refractivity contribution >= 4 is 12.6 Å². The Balaban J connectivity index is 2.03. The molecule has 2 aromatic rings. The Bertz CT molecular complexity index is 570. The summed E-state index contributed by atoms with van der Waals surface area (Å²) < 4.78 is 19.2. The van der Waals surface area contributed by atoms with Gasteiger partial charge in [-0.3, -0.25) is 0 Å². The maximum atomic E-state index is 13.7. The number of hydrogen-bond donors (Lipinski definition) is 2. The highest BCUT2D eigenvalue weighted by atomic mass is 19.1. The van der Waals surface area contributed by atoms with E-state index in [9.17, 15) is 4.39 Å². The minimum Gasteiger partial charge on any atom is -0.489 e. The Labute approximate surface area is 117 Å². The van der Waals surface area contributed by atoms with E-state index in [4.69, 9.17) is 14.8 Å². The van der Waals surface area contributed by atoms with Gasteiger partial charge in [-0.15, -0.1) is 0 Å². The molecule has 20 heavy (non-hydrogen) atoms. The second-order valence-corrected chi connectivity index (χ2v) is 4.51. The molecule has 0 amide bonds. The highest BCUT2D eigenvalue weighted by Crippen LogP contribution is 2.15. The molecule has 0 heterocycles. The zero-order valence-corrected chi connectivity index (χ0v) is 11.2. The molecule has 0 aliphatic rings. The molecule has 0 atom stereocenters. The maximum Gasteiger partial charge on any atom is 0.488 e. The van der Waals surface area contributed by atoms with Gasteiger partial charge in [0.05, 0.1) is 0 Å². The van der Waals surface area contributed by atoms with Crippen LogP contribution >= 0.6 is 0 Å². The lowest BCUT2D eigenvalue weighted by Crippen LogP contribution is -2.30. The molecule has 3 nitrogen and oxygen atoms in total. The Morgan fingerprint density at radius 3 is 2.35 bits per heavy atom. The van der Waals surface area contributed by atoms with Crippen molar-refractivity contribution in [1.29, 1.82) is 0 Å². The first-order valence-corrected chi connectivity index (χ1v) is 6.46. The molecule has 2 N–H and O–H groups in total. The van der Waals surface area contributed by atoms with Crippen molar-refractivity contribution < 1.29 is 19.2 Å². The second-order valence-electron chi connectivity index (χ2n) is 4.51. The van der Waals surface area contributed by atoms with Crippen LogP contribution in [0.5, 0.6) is 5.75 Å². The van der Waals surface area contributed by atoms with Gasteiger partial charge in [-0.05, 0) is 35.6 Å². The molecule has 0 saturated carbocycles. The van der Waals surface area contributed by atoms with Crippen LogP contribution < -0.4 is 10.2 Å². The first-order valence-electron chi connectivity index (χ1n) is 6.46. The summed E-state index contributed by atoms with van der Waals surface area (Å²) in [6, 6.07) is 11.7. The van der Waals surface area contributed by atoms with Crippen molar-refractivity contribution in [3.8, 4) is 5.75 Å². The van der Waals surface area contributed by atoms with Gasteiger partial charge in [-0.25, -0.2) is 4.39 Å². The minimum atomic E-state index is -1.67. The van der Waals surface area contributed by atoms with Crippen molar-refractivity contribution in [1.82, 2.24) is 0 Å². The van der Waals surface area contributed by atoms with E-state index >= 15 is 0 Å². The van der Waals surface area contributed by atoms with Crippen molar-refractivity contribution in [2.75, 3.05) is 0 Å². The highest BCUT2D eigenvalue weighted by molar-refractivity contribution is 6.58. The van der Waals surface area contributed by atoms with E-state index < -0.39 is 12.9 Å². The van der Waals surface area contributed by atoms with E-state index in [2.05, 4.69) is 6.92 Å². The van der Waals surface area contributed by atoms with Gasteiger partial charge in [-0.1, -0.05) is 31.2 Å². The van der Waals surface area contributed by atoms with Gasteiger partial charge >= 0.3 is 7.12 Å². The molecular formula is C15H16BFO3. The average molecular weight is 274 g/mol. The molecule has 0 aliphatic heterocycles. The molecule has 0 spiro atoms. The van der Waals surface area contributed by atoms with Crippen LogP contribution in [0.3, 0.4) is 0 Å². The lowest BCUT2D eigenvalue weighted by atomic mass is 9.80. The molecule has 2 aromatic carbocycles. The van der Waals surface area contributed by atoms with Gasteiger partial charge in [0.2, 0.25) is 0 Å². The number of ether oxygens (including phenoxy) is 1. The van der Waals surface area contributed by atoms with E-state index in [-0.39, 0.29) is 12.1 Å². The van der Waals surface area contributed by atoms with E-state index in [1.165, 1.54) is 17.7 Å². The summed E-state index contributed by atoms with van der Waals surface area (Å²) in [7, 11) is -1.67. The van der Waals surface area contributed by atoms with Gasteiger partial charge in [0.15, 0.2) is 0 Å². The summed E-state index contributed by atoms with van der Waals surface area (Å²) in [4.78, 5) is 0. The van der Waals surface area contributed by atoms with Crippen molar-refractivity contribution in [2.45, 2.75) is 20.0 Å². The first kappa shape index (κ1) is 14.6. The lowest BCUT2D eigenvalue weighted by Gasteiger charge is -2.09. The van der Waals surface area contributed by atoms with Crippen LogP contribution in [0.25, 0.3) is 0 Å². The van der Waals surface area contributed by atoms with E-state index in [1.54, 1.807) is 0 Å². The Morgan fingerprint density at radius 2 is 1.80 bits per heavy atom. The summed E-state index contributed by atoms with van der Waals surface area (Å²) in [5, 5.41) is 17.9. The molecule has 0 unspecified atom stereocenters. The SMILES string of the molecule is CCc1ccc(OCc2ccc(B(O)O)cc2F)cc1. The van der Waals surface area contributed by atoms with Crippen LogP contribution in [0.4, 0.5) is 4.39 Å². The third-order valence-electron chi connectivity index (χ3n) is 3.10. The summed E-state index contributed by atoms with van der Waals surface area (Å²) in [5.41, 5.74) is 1.71. The van der Waals surface area contributed by atoms with E-state index in [1.807, 2.05) is 24.3 Å². The third-order valence-corrected chi connectivity index (χ3v) is 3.10. The van der Waals surface area contributed by atoms with E-state index in [0.29, 0.717) is 11.3 Å². The van der Waals surface area contributed by atoms with Crippen LogP contribution in [-0.2, 0) is 13.0 Å². The molecule has 2 rings (SSSR count). The Kier molecular flexibility index (Phi) is 4.77. The van der Waals surface area contributed by atoms with Crippen LogP contribution in [0.15, 0.2) is 42.5 Å². The normalized spacial score (nSPS) is 10.4. The summed E-state index contributed by atoms with van der Waals surface area (Å²) in [6.07, 6.45) is 0.958. The number of benzene rings is 2. The number of aryl methyl sites for hydroxylation is 1. The fourth-order valence-electron chi connectivity index (χ4n) is 1.82. The fourth-order valence-corrected chi connectivity index (χ4v) is 1.82. The predicted molar refractivity (Wildman–Crippen MR) is 76.4 cm³/mol. The van der Waals surface area contributed by atoms with E-state index in [0.717, 1.165) is 12.5 Å². The number of hydrogen-bond acceptors (Lipinski definition) is 3. The minimum absolute atomic E-state index is 0.0963. The summed E-state index contributed by atoms with van der Waals surface area (Å²) in [6.45, 7) is 2.17. The number of halogens is 1. The van der Waals surface area contributed by atoms with Crippen molar-refractivity contribution in [3.05, 3.63) is 59.4 Å². The van der Waals surface area contributed by atoms with Crippen LogP contribution in [0.2, 0.25) is 0 Å². The molecule has 0 radical (unpaired) electrons. The quantitative estimate of drug-likeness (QED) is 0.815. The molecule has 0 saturated heterocycles. The zero-order chi connectivity index (χ0) is 14.5. The lowest BCUT2D eigenvalue weighted by molar-refractivity contribution is 0.300. The first-order chi connectivity index (χ1) is 9.60. The van der Waals surface area contributed by atoms with Gasteiger partial charge in [0.25, 0.3) is 0 Å². The van der Waals surface area contributed by atoms with Gasteiger partial charge < -0.3 is 14.8 Å². The molecule has 0 bridgehead atoms. The molecule has 0 fully saturated rings. The maximum absolute atomic E-state index is 13.7. The number of rotatable bonds is 5. The second kappa shape index (κ2) is 6.54.